The van der Waals surface area contributed by atoms with E-state index in [0.29, 0.717) is 44.6 Å². The second-order valence-electron chi connectivity index (χ2n) is 5.55. The van der Waals surface area contributed by atoms with Gasteiger partial charge < -0.3 is 9.47 Å². The molecule has 0 aliphatic carbocycles. The maximum absolute atomic E-state index is 12.9. The van der Waals surface area contributed by atoms with Crippen molar-refractivity contribution in [3.63, 3.8) is 0 Å². The summed E-state index contributed by atoms with van der Waals surface area (Å²) in [4.78, 5) is 0.253. The van der Waals surface area contributed by atoms with E-state index in [4.69, 9.17) is 9.47 Å². The summed E-state index contributed by atoms with van der Waals surface area (Å²) in [5, 5.41) is 0. The smallest absolute Gasteiger partial charge is 0.246 e. The number of hydrogen-bond acceptors (Lipinski definition) is 4. The van der Waals surface area contributed by atoms with Gasteiger partial charge in [-0.1, -0.05) is 18.2 Å². The van der Waals surface area contributed by atoms with E-state index in [0.717, 1.165) is 12.8 Å². The third-order valence-electron chi connectivity index (χ3n) is 3.93. The first-order chi connectivity index (χ1) is 11.1. The van der Waals surface area contributed by atoms with Crippen LogP contribution in [0.15, 0.2) is 41.8 Å². The molecule has 2 rings (SSSR count). The Morgan fingerprint density at radius 2 is 2.00 bits per heavy atom. The molecule has 0 amide bonds. The van der Waals surface area contributed by atoms with Crippen molar-refractivity contribution in [1.29, 1.82) is 0 Å². The molecule has 128 valence electrons. The van der Waals surface area contributed by atoms with E-state index in [1.807, 2.05) is 6.92 Å². The molecule has 23 heavy (non-hydrogen) atoms. The standard InChI is InChI=1S/C17H25NO4S/c1-3-13-21-14-15-9-11-18(12-10-15)23(19,20)17-8-6-5-7-16(17)22-4-2/h3,5-8,15H,1,4,9-14H2,2H3. The Labute approximate surface area is 138 Å². The van der Waals surface area contributed by atoms with Gasteiger partial charge in [-0.2, -0.15) is 4.31 Å². The zero-order valence-corrected chi connectivity index (χ0v) is 14.4. The van der Waals surface area contributed by atoms with Crippen LogP contribution in [-0.4, -0.2) is 45.6 Å². The predicted molar refractivity (Wildman–Crippen MR) is 90.1 cm³/mol. The van der Waals surface area contributed by atoms with Crippen LogP contribution in [0, 0.1) is 5.92 Å². The van der Waals surface area contributed by atoms with Crippen molar-refractivity contribution >= 4 is 10.0 Å². The van der Waals surface area contributed by atoms with E-state index in [-0.39, 0.29) is 4.90 Å². The van der Waals surface area contributed by atoms with Crippen molar-refractivity contribution in [3.8, 4) is 5.75 Å². The van der Waals surface area contributed by atoms with Crippen molar-refractivity contribution in [2.75, 3.05) is 32.9 Å². The topological polar surface area (TPSA) is 55.8 Å². The van der Waals surface area contributed by atoms with Crippen molar-refractivity contribution in [2.45, 2.75) is 24.7 Å². The molecule has 0 N–H and O–H groups in total. The maximum atomic E-state index is 12.9. The predicted octanol–water partition coefficient (Wildman–Crippen LogP) is 2.69. The lowest BCUT2D eigenvalue weighted by atomic mass is 9.99. The minimum absolute atomic E-state index is 0.253. The number of nitrogens with zero attached hydrogens (tertiary/aromatic N) is 1. The van der Waals surface area contributed by atoms with Gasteiger partial charge in [-0.25, -0.2) is 8.42 Å². The summed E-state index contributed by atoms with van der Waals surface area (Å²) >= 11 is 0. The van der Waals surface area contributed by atoms with Crippen LogP contribution in [0.1, 0.15) is 19.8 Å². The number of sulfonamides is 1. The summed E-state index contributed by atoms with van der Waals surface area (Å²) in [6.07, 6.45) is 3.35. The van der Waals surface area contributed by atoms with Gasteiger partial charge in [-0.15, -0.1) is 6.58 Å². The summed E-state index contributed by atoms with van der Waals surface area (Å²) in [6, 6.07) is 6.82. The summed E-state index contributed by atoms with van der Waals surface area (Å²) in [5.41, 5.74) is 0. The van der Waals surface area contributed by atoms with Crippen LogP contribution in [0.4, 0.5) is 0 Å². The van der Waals surface area contributed by atoms with Crippen LogP contribution < -0.4 is 4.74 Å². The Morgan fingerprint density at radius 3 is 2.65 bits per heavy atom. The Bertz CT molecular complexity index is 607. The van der Waals surface area contributed by atoms with Crippen LogP contribution in [0.2, 0.25) is 0 Å². The number of hydrogen-bond donors (Lipinski definition) is 0. The first-order valence-corrected chi connectivity index (χ1v) is 9.44. The van der Waals surface area contributed by atoms with Crippen LogP contribution in [-0.2, 0) is 14.8 Å². The number of piperidine rings is 1. The molecule has 0 unspecified atom stereocenters. The lowest BCUT2D eigenvalue weighted by molar-refractivity contribution is 0.0982. The molecule has 0 radical (unpaired) electrons. The van der Waals surface area contributed by atoms with Gasteiger partial charge >= 0.3 is 0 Å². The van der Waals surface area contributed by atoms with Crippen molar-refractivity contribution in [3.05, 3.63) is 36.9 Å². The first kappa shape index (κ1) is 18.0. The fourth-order valence-corrected chi connectivity index (χ4v) is 4.31. The second-order valence-corrected chi connectivity index (χ2v) is 7.46. The molecule has 0 aromatic heterocycles. The number of para-hydroxylation sites is 1. The molecular weight excluding hydrogens is 314 g/mol. The molecule has 1 saturated heterocycles. The SMILES string of the molecule is C=CCOCC1CCN(S(=O)(=O)c2ccccc2OCC)CC1. The Morgan fingerprint density at radius 1 is 1.30 bits per heavy atom. The van der Waals surface area contributed by atoms with Gasteiger partial charge in [-0.3, -0.25) is 0 Å². The highest BCUT2D eigenvalue weighted by Gasteiger charge is 2.31. The average Bonchev–Trinajstić information content (AvgIpc) is 2.56. The molecule has 0 atom stereocenters. The molecule has 1 heterocycles. The third kappa shape index (κ3) is 4.56. The Hall–Kier alpha value is -1.37. The Balaban J connectivity index is 2.03. The van der Waals surface area contributed by atoms with E-state index in [1.54, 1.807) is 34.6 Å². The van der Waals surface area contributed by atoms with Crippen LogP contribution in [0.25, 0.3) is 0 Å². The summed E-state index contributed by atoms with van der Waals surface area (Å²) in [7, 11) is -3.51. The quantitative estimate of drug-likeness (QED) is 0.540. The second kappa shape index (κ2) is 8.47. The molecule has 1 aromatic carbocycles. The molecule has 0 bridgehead atoms. The van der Waals surface area contributed by atoms with Crippen LogP contribution in [0.5, 0.6) is 5.75 Å². The lowest BCUT2D eigenvalue weighted by Gasteiger charge is -2.31. The van der Waals surface area contributed by atoms with E-state index < -0.39 is 10.0 Å². The fraction of sp³-hybridized carbons (Fsp3) is 0.529. The van der Waals surface area contributed by atoms with Gasteiger partial charge in [0.25, 0.3) is 0 Å². The van der Waals surface area contributed by atoms with Gasteiger partial charge in [0.15, 0.2) is 0 Å². The minimum Gasteiger partial charge on any atom is -0.492 e. The van der Waals surface area contributed by atoms with Crippen molar-refractivity contribution < 1.29 is 17.9 Å². The molecule has 1 fully saturated rings. The summed E-state index contributed by atoms with van der Waals surface area (Å²) in [6.45, 7) is 8.15. The fourth-order valence-electron chi connectivity index (χ4n) is 2.71. The molecule has 1 aliphatic heterocycles. The number of benzene rings is 1. The van der Waals surface area contributed by atoms with Gasteiger partial charge in [0.1, 0.15) is 10.6 Å². The minimum atomic E-state index is -3.51. The van der Waals surface area contributed by atoms with Gasteiger partial charge in [0.05, 0.1) is 13.2 Å². The molecule has 0 saturated carbocycles. The normalized spacial score (nSPS) is 17.1. The molecule has 1 aromatic rings. The van der Waals surface area contributed by atoms with E-state index in [2.05, 4.69) is 6.58 Å². The summed E-state index contributed by atoms with van der Waals surface area (Å²) in [5.74, 6) is 0.829. The van der Waals surface area contributed by atoms with Crippen molar-refractivity contribution in [2.24, 2.45) is 5.92 Å². The number of rotatable bonds is 8. The molecule has 6 heteroatoms. The molecule has 0 spiro atoms. The van der Waals surface area contributed by atoms with Crippen LogP contribution >= 0.6 is 0 Å². The van der Waals surface area contributed by atoms with E-state index in [1.165, 1.54) is 0 Å². The largest absolute Gasteiger partial charge is 0.492 e. The molecule has 1 aliphatic rings. The highest BCUT2D eigenvalue weighted by molar-refractivity contribution is 7.89. The van der Waals surface area contributed by atoms with Gasteiger partial charge in [0.2, 0.25) is 10.0 Å². The average molecular weight is 339 g/mol. The maximum Gasteiger partial charge on any atom is 0.246 e. The van der Waals surface area contributed by atoms with Crippen molar-refractivity contribution in [1.82, 2.24) is 4.31 Å². The molecule has 5 nitrogen and oxygen atoms in total. The third-order valence-corrected chi connectivity index (χ3v) is 5.87. The first-order valence-electron chi connectivity index (χ1n) is 8.00. The van der Waals surface area contributed by atoms with Gasteiger partial charge in [0, 0.05) is 19.7 Å². The van der Waals surface area contributed by atoms with E-state index in [9.17, 15) is 8.42 Å². The lowest BCUT2D eigenvalue weighted by Crippen LogP contribution is -2.39. The van der Waals surface area contributed by atoms with Gasteiger partial charge in [-0.05, 0) is 37.8 Å². The highest BCUT2D eigenvalue weighted by Crippen LogP contribution is 2.29. The zero-order valence-electron chi connectivity index (χ0n) is 13.6. The zero-order chi connectivity index (χ0) is 16.7. The Kier molecular flexibility index (Phi) is 6.62. The summed E-state index contributed by atoms with van der Waals surface area (Å²) < 4.78 is 38.2. The monoisotopic (exact) mass is 339 g/mol. The number of ether oxygens (including phenoxy) is 2. The molecular formula is C17H25NO4S. The van der Waals surface area contributed by atoms with E-state index >= 15 is 0 Å². The highest BCUT2D eigenvalue weighted by atomic mass is 32.2. The van der Waals surface area contributed by atoms with Crippen LogP contribution in [0.3, 0.4) is 0 Å².